The molecule has 2 nitrogen and oxygen atoms in total. The van der Waals surface area contributed by atoms with Crippen LogP contribution in [0.3, 0.4) is 0 Å². The van der Waals surface area contributed by atoms with Gasteiger partial charge in [0.1, 0.15) is 5.75 Å². The summed E-state index contributed by atoms with van der Waals surface area (Å²) in [6.45, 7) is 9.64. The maximum Gasteiger partial charge on any atom is 0.119 e. The van der Waals surface area contributed by atoms with E-state index in [2.05, 4.69) is 30.9 Å². The van der Waals surface area contributed by atoms with E-state index >= 15 is 0 Å². The minimum Gasteiger partial charge on any atom is -0.491 e. The molecule has 0 radical (unpaired) electrons. The van der Waals surface area contributed by atoms with E-state index in [1.807, 2.05) is 26.0 Å². The summed E-state index contributed by atoms with van der Waals surface area (Å²) >= 11 is 6.65. The van der Waals surface area contributed by atoms with Crippen molar-refractivity contribution in [1.82, 2.24) is 4.90 Å². The van der Waals surface area contributed by atoms with Gasteiger partial charge in [0.15, 0.2) is 0 Å². The van der Waals surface area contributed by atoms with E-state index in [1.165, 1.54) is 24.8 Å². The monoisotopic (exact) mass is 309 g/mol. The standard InChI is InChI=1S/C18H28ClNO/c1-13(2)21-17-10-8-16(9-11-17)18(19)12-20-14(3)6-5-7-15(20)4/h8-11,13-15,18H,5-7,12H2,1-4H3. The highest BCUT2D eigenvalue weighted by molar-refractivity contribution is 6.21. The lowest BCUT2D eigenvalue weighted by Crippen LogP contribution is -2.45. The van der Waals surface area contributed by atoms with Crippen molar-refractivity contribution in [3.63, 3.8) is 0 Å². The molecule has 21 heavy (non-hydrogen) atoms. The molecule has 0 N–H and O–H groups in total. The summed E-state index contributed by atoms with van der Waals surface area (Å²) in [6.07, 6.45) is 4.12. The molecule has 0 amide bonds. The number of likely N-dealkylation sites (tertiary alicyclic amines) is 1. The molecule has 0 bridgehead atoms. The lowest BCUT2D eigenvalue weighted by Gasteiger charge is -2.40. The van der Waals surface area contributed by atoms with Crippen LogP contribution in [0.1, 0.15) is 57.9 Å². The molecule has 0 saturated carbocycles. The van der Waals surface area contributed by atoms with Crippen molar-refractivity contribution in [3.05, 3.63) is 29.8 Å². The van der Waals surface area contributed by atoms with Crippen molar-refractivity contribution < 1.29 is 4.74 Å². The van der Waals surface area contributed by atoms with E-state index in [0.29, 0.717) is 12.1 Å². The van der Waals surface area contributed by atoms with Crippen LogP contribution in [0.25, 0.3) is 0 Å². The molecule has 3 heteroatoms. The van der Waals surface area contributed by atoms with Gasteiger partial charge in [-0.05, 0) is 58.2 Å². The molecule has 1 heterocycles. The number of alkyl halides is 1. The van der Waals surface area contributed by atoms with Crippen LogP contribution in [-0.2, 0) is 0 Å². The molecule has 0 aliphatic carbocycles. The average molecular weight is 310 g/mol. The van der Waals surface area contributed by atoms with Crippen LogP contribution in [-0.4, -0.2) is 29.6 Å². The summed E-state index contributed by atoms with van der Waals surface area (Å²) in [5.41, 5.74) is 1.18. The van der Waals surface area contributed by atoms with Crippen LogP contribution in [0.15, 0.2) is 24.3 Å². The summed E-state index contributed by atoms with van der Waals surface area (Å²) in [7, 11) is 0. The van der Waals surface area contributed by atoms with E-state index < -0.39 is 0 Å². The zero-order valence-corrected chi connectivity index (χ0v) is 14.4. The third-order valence-corrected chi connectivity index (χ3v) is 4.75. The van der Waals surface area contributed by atoms with Gasteiger partial charge in [0.2, 0.25) is 0 Å². The van der Waals surface area contributed by atoms with Gasteiger partial charge in [-0.15, -0.1) is 11.6 Å². The van der Waals surface area contributed by atoms with E-state index in [4.69, 9.17) is 16.3 Å². The topological polar surface area (TPSA) is 12.5 Å². The van der Waals surface area contributed by atoms with Crippen LogP contribution in [0, 0.1) is 0 Å². The van der Waals surface area contributed by atoms with Crippen LogP contribution < -0.4 is 4.74 Å². The molecule has 3 unspecified atom stereocenters. The van der Waals surface area contributed by atoms with Crippen molar-refractivity contribution in [2.75, 3.05) is 6.54 Å². The van der Waals surface area contributed by atoms with Crippen molar-refractivity contribution in [3.8, 4) is 5.75 Å². The zero-order valence-electron chi connectivity index (χ0n) is 13.7. The minimum atomic E-state index is 0.0427. The molecule has 1 saturated heterocycles. The fraction of sp³-hybridized carbons (Fsp3) is 0.667. The second kappa shape index (κ2) is 7.51. The number of piperidine rings is 1. The molecule has 1 aliphatic heterocycles. The molecule has 2 rings (SSSR count). The fourth-order valence-electron chi connectivity index (χ4n) is 3.15. The third-order valence-electron chi connectivity index (χ3n) is 4.36. The molecule has 1 aromatic carbocycles. The summed E-state index contributed by atoms with van der Waals surface area (Å²) in [6, 6.07) is 9.50. The Morgan fingerprint density at radius 1 is 1.14 bits per heavy atom. The van der Waals surface area contributed by atoms with Gasteiger partial charge in [-0.2, -0.15) is 0 Å². The molecule has 3 atom stereocenters. The molecular formula is C18H28ClNO. The van der Waals surface area contributed by atoms with Gasteiger partial charge < -0.3 is 4.74 Å². The first-order chi connectivity index (χ1) is 9.97. The Morgan fingerprint density at radius 2 is 1.71 bits per heavy atom. The minimum absolute atomic E-state index is 0.0427. The molecule has 118 valence electrons. The molecular weight excluding hydrogens is 282 g/mol. The first-order valence-corrected chi connectivity index (χ1v) is 8.57. The molecule has 0 spiro atoms. The maximum atomic E-state index is 6.65. The highest BCUT2D eigenvalue weighted by Crippen LogP contribution is 2.29. The summed E-state index contributed by atoms with van der Waals surface area (Å²) in [5, 5.41) is 0.0427. The van der Waals surface area contributed by atoms with Crippen molar-refractivity contribution in [1.29, 1.82) is 0 Å². The summed E-state index contributed by atoms with van der Waals surface area (Å²) < 4.78 is 5.68. The van der Waals surface area contributed by atoms with Gasteiger partial charge in [-0.3, -0.25) is 4.90 Å². The van der Waals surface area contributed by atoms with Crippen molar-refractivity contribution in [2.24, 2.45) is 0 Å². The summed E-state index contributed by atoms with van der Waals surface area (Å²) in [5.74, 6) is 0.914. The Bertz CT molecular complexity index is 421. The van der Waals surface area contributed by atoms with Crippen LogP contribution >= 0.6 is 11.6 Å². The average Bonchev–Trinajstić information content (AvgIpc) is 2.43. The Morgan fingerprint density at radius 3 is 2.24 bits per heavy atom. The predicted octanol–water partition coefficient (Wildman–Crippen LogP) is 5.02. The van der Waals surface area contributed by atoms with E-state index in [0.717, 1.165) is 12.3 Å². The number of halogens is 1. The van der Waals surface area contributed by atoms with Gasteiger partial charge in [-0.25, -0.2) is 0 Å². The number of hydrogen-bond donors (Lipinski definition) is 0. The lowest BCUT2D eigenvalue weighted by atomic mass is 9.96. The third kappa shape index (κ3) is 4.62. The molecule has 1 aliphatic rings. The Hall–Kier alpha value is -0.730. The van der Waals surface area contributed by atoms with Gasteiger partial charge in [0, 0.05) is 18.6 Å². The fourth-order valence-corrected chi connectivity index (χ4v) is 3.46. The van der Waals surface area contributed by atoms with Crippen molar-refractivity contribution in [2.45, 2.75) is 70.5 Å². The lowest BCUT2D eigenvalue weighted by molar-refractivity contribution is 0.103. The zero-order chi connectivity index (χ0) is 15.4. The van der Waals surface area contributed by atoms with E-state index in [9.17, 15) is 0 Å². The number of nitrogens with zero attached hydrogens (tertiary/aromatic N) is 1. The summed E-state index contributed by atoms with van der Waals surface area (Å²) in [4.78, 5) is 2.56. The van der Waals surface area contributed by atoms with E-state index in [-0.39, 0.29) is 11.5 Å². The van der Waals surface area contributed by atoms with Crippen molar-refractivity contribution >= 4 is 11.6 Å². The van der Waals surface area contributed by atoms with Gasteiger partial charge in [-0.1, -0.05) is 18.6 Å². The molecule has 1 fully saturated rings. The second-order valence-corrected chi connectivity index (χ2v) is 7.06. The first kappa shape index (κ1) is 16.6. The Labute approximate surface area is 134 Å². The number of ether oxygens (including phenoxy) is 1. The highest BCUT2D eigenvalue weighted by Gasteiger charge is 2.26. The van der Waals surface area contributed by atoms with Crippen LogP contribution in [0.4, 0.5) is 0 Å². The normalized spacial score (nSPS) is 25.0. The van der Waals surface area contributed by atoms with Crippen LogP contribution in [0.5, 0.6) is 5.75 Å². The SMILES string of the molecule is CC(C)Oc1ccc(C(Cl)CN2C(C)CCCC2C)cc1. The Balaban J connectivity index is 1.97. The number of rotatable bonds is 5. The Kier molecular flexibility index (Phi) is 5.95. The molecule has 0 aromatic heterocycles. The van der Waals surface area contributed by atoms with Gasteiger partial charge in [0.25, 0.3) is 0 Å². The largest absolute Gasteiger partial charge is 0.491 e. The quantitative estimate of drug-likeness (QED) is 0.708. The first-order valence-electron chi connectivity index (χ1n) is 8.13. The second-order valence-electron chi connectivity index (χ2n) is 6.53. The number of benzene rings is 1. The van der Waals surface area contributed by atoms with Gasteiger partial charge >= 0.3 is 0 Å². The van der Waals surface area contributed by atoms with Crippen LogP contribution in [0.2, 0.25) is 0 Å². The number of hydrogen-bond acceptors (Lipinski definition) is 2. The van der Waals surface area contributed by atoms with E-state index in [1.54, 1.807) is 0 Å². The maximum absolute atomic E-state index is 6.65. The molecule has 1 aromatic rings. The predicted molar refractivity (Wildman–Crippen MR) is 90.3 cm³/mol. The highest BCUT2D eigenvalue weighted by atomic mass is 35.5. The van der Waals surface area contributed by atoms with Gasteiger partial charge in [0.05, 0.1) is 11.5 Å². The smallest absolute Gasteiger partial charge is 0.119 e.